The predicted octanol–water partition coefficient (Wildman–Crippen LogP) is 2.80. The maximum atomic E-state index is 13.8. The number of piperazine rings is 1. The van der Waals surface area contributed by atoms with Crippen LogP contribution in [0.4, 0.5) is 18.9 Å². The Hall–Kier alpha value is -2.60. The smallest absolute Gasteiger partial charge is 0.316 e. The molecule has 2 aliphatic rings. The van der Waals surface area contributed by atoms with Gasteiger partial charge in [-0.25, -0.2) is 21.6 Å². The number of anilines is 1. The van der Waals surface area contributed by atoms with E-state index >= 15 is 0 Å². The van der Waals surface area contributed by atoms with E-state index < -0.39 is 45.1 Å². The average Bonchev–Trinajstić information content (AvgIpc) is 3.13. The fourth-order valence-electron chi connectivity index (χ4n) is 4.22. The van der Waals surface area contributed by atoms with Crippen LogP contribution in [0.1, 0.15) is 33.1 Å². The number of hydrogen-bond donors (Lipinski definition) is 0. The second-order valence-electron chi connectivity index (χ2n) is 8.87. The van der Waals surface area contributed by atoms with Gasteiger partial charge in [0.05, 0.1) is 17.1 Å². The van der Waals surface area contributed by atoms with Gasteiger partial charge < -0.3 is 9.64 Å². The molecule has 186 valence electrons. The van der Waals surface area contributed by atoms with Crippen molar-refractivity contribution in [2.24, 2.45) is 0 Å². The molecule has 12 heteroatoms. The highest BCUT2D eigenvalue weighted by Crippen LogP contribution is 2.38. The molecule has 8 nitrogen and oxygen atoms in total. The zero-order valence-electron chi connectivity index (χ0n) is 19.0. The fraction of sp³-hybridized carbons (Fsp3) is 0.545. The van der Waals surface area contributed by atoms with Gasteiger partial charge in [0.25, 0.3) is 5.92 Å². The Labute approximate surface area is 196 Å². The van der Waals surface area contributed by atoms with E-state index in [0.717, 1.165) is 10.7 Å². The predicted molar refractivity (Wildman–Crippen MR) is 121 cm³/mol. The van der Waals surface area contributed by atoms with Crippen molar-refractivity contribution >= 4 is 15.7 Å². The molecule has 1 saturated heterocycles. The summed E-state index contributed by atoms with van der Waals surface area (Å²) in [7, 11) is -3.43. The van der Waals surface area contributed by atoms with Gasteiger partial charge in [-0.15, -0.1) is 0 Å². The third kappa shape index (κ3) is 4.92. The normalized spacial score (nSPS) is 21.2. The molecule has 1 saturated carbocycles. The van der Waals surface area contributed by atoms with Crippen LogP contribution in [0.25, 0.3) is 5.69 Å². The molecule has 0 spiro atoms. The highest BCUT2D eigenvalue weighted by atomic mass is 32.2. The minimum absolute atomic E-state index is 0.0918. The van der Waals surface area contributed by atoms with Gasteiger partial charge in [-0.1, -0.05) is 6.07 Å². The van der Waals surface area contributed by atoms with Crippen LogP contribution in [0.5, 0.6) is 5.75 Å². The molecule has 1 atom stereocenters. The SMILES string of the molecule is CC(C)S(=O)(=O)N1CCN(c2cnn(-c3cccc(F)c3)c(=O)c2OC2CCC(F)(F)C2)CC1. The highest BCUT2D eigenvalue weighted by molar-refractivity contribution is 7.89. The molecule has 1 unspecified atom stereocenters. The van der Waals surface area contributed by atoms with Crippen molar-refractivity contribution in [3.05, 3.63) is 46.6 Å². The summed E-state index contributed by atoms with van der Waals surface area (Å²) in [5.74, 6) is -3.58. The lowest BCUT2D eigenvalue weighted by molar-refractivity contribution is -0.00117. The molecule has 0 N–H and O–H groups in total. The largest absolute Gasteiger partial charge is 0.483 e. The number of aromatic nitrogens is 2. The first-order valence-electron chi connectivity index (χ1n) is 11.1. The van der Waals surface area contributed by atoms with Crippen molar-refractivity contribution in [2.75, 3.05) is 31.1 Å². The fourth-order valence-corrected chi connectivity index (χ4v) is 5.48. The van der Waals surface area contributed by atoms with Crippen LogP contribution >= 0.6 is 0 Å². The number of nitrogens with zero attached hydrogens (tertiary/aromatic N) is 4. The first kappa shape index (κ1) is 24.5. The standard InChI is InChI=1S/C22H27F3N4O4S/c1-15(2)34(31,32)28-10-8-27(9-11-28)19-14-26-29(17-5-3-4-16(23)12-17)21(30)20(19)33-18-6-7-22(24,25)13-18/h3-5,12,14-15,18H,6-11,13H2,1-2H3. The zero-order chi connectivity index (χ0) is 24.7. The summed E-state index contributed by atoms with van der Waals surface area (Å²) >= 11 is 0. The van der Waals surface area contributed by atoms with Crippen molar-refractivity contribution in [3.8, 4) is 11.4 Å². The van der Waals surface area contributed by atoms with Gasteiger partial charge in [0, 0.05) is 39.0 Å². The number of rotatable bonds is 6. The molecule has 2 fully saturated rings. The molecule has 4 rings (SSSR count). The molecule has 0 radical (unpaired) electrons. The first-order valence-corrected chi connectivity index (χ1v) is 12.6. The number of halogens is 3. The van der Waals surface area contributed by atoms with Crippen molar-refractivity contribution in [3.63, 3.8) is 0 Å². The Morgan fingerprint density at radius 1 is 1.18 bits per heavy atom. The second-order valence-corrected chi connectivity index (χ2v) is 11.4. The van der Waals surface area contributed by atoms with Crippen LogP contribution < -0.4 is 15.2 Å². The van der Waals surface area contributed by atoms with Crippen LogP contribution in [0.3, 0.4) is 0 Å². The van der Waals surface area contributed by atoms with Gasteiger partial charge in [0.15, 0.2) is 0 Å². The summed E-state index contributed by atoms with van der Waals surface area (Å²) in [5, 5.41) is 3.60. The van der Waals surface area contributed by atoms with Gasteiger partial charge in [-0.2, -0.15) is 14.1 Å². The Morgan fingerprint density at radius 3 is 2.47 bits per heavy atom. The molecule has 2 aromatic rings. The zero-order valence-corrected chi connectivity index (χ0v) is 19.8. The quantitative estimate of drug-likeness (QED) is 0.607. The molecule has 1 aromatic carbocycles. The van der Waals surface area contributed by atoms with E-state index in [2.05, 4.69) is 5.10 Å². The highest BCUT2D eigenvalue weighted by Gasteiger charge is 2.41. The molecular weight excluding hydrogens is 473 g/mol. The summed E-state index contributed by atoms with van der Waals surface area (Å²) in [6.07, 6.45) is -0.223. The second kappa shape index (κ2) is 9.21. The number of hydrogen-bond acceptors (Lipinski definition) is 6. The topological polar surface area (TPSA) is 84.7 Å². The molecule has 1 aliphatic heterocycles. The minimum Gasteiger partial charge on any atom is -0.483 e. The van der Waals surface area contributed by atoms with Crippen molar-refractivity contribution in [1.29, 1.82) is 0 Å². The molecule has 2 heterocycles. The Balaban J connectivity index is 1.67. The van der Waals surface area contributed by atoms with Gasteiger partial charge in [0.1, 0.15) is 17.6 Å². The van der Waals surface area contributed by atoms with Gasteiger partial charge >= 0.3 is 5.56 Å². The average molecular weight is 501 g/mol. The van der Waals surface area contributed by atoms with E-state index in [1.807, 2.05) is 0 Å². The number of ether oxygens (including phenoxy) is 1. The lowest BCUT2D eigenvalue weighted by atomic mass is 10.2. The Bertz CT molecular complexity index is 1210. The Kier molecular flexibility index (Phi) is 6.65. The van der Waals surface area contributed by atoms with E-state index in [4.69, 9.17) is 4.74 Å². The van der Waals surface area contributed by atoms with Crippen molar-refractivity contribution in [2.45, 2.75) is 50.4 Å². The summed E-state index contributed by atoms with van der Waals surface area (Å²) in [5.41, 5.74) is -0.226. The van der Waals surface area contributed by atoms with Crippen LogP contribution in [0.15, 0.2) is 35.3 Å². The summed E-state index contributed by atoms with van der Waals surface area (Å²) in [6, 6.07) is 5.29. The molecule has 1 aromatic heterocycles. The van der Waals surface area contributed by atoms with Crippen LogP contribution in [-0.4, -0.2) is 66.0 Å². The Morgan fingerprint density at radius 2 is 1.88 bits per heavy atom. The summed E-state index contributed by atoms with van der Waals surface area (Å²) < 4.78 is 74.4. The lowest BCUT2D eigenvalue weighted by Crippen LogP contribution is -2.50. The van der Waals surface area contributed by atoms with Crippen LogP contribution in [0.2, 0.25) is 0 Å². The monoisotopic (exact) mass is 500 g/mol. The summed E-state index contributed by atoms with van der Waals surface area (Å²) in [4.78, 5) is 15.1. The van der Waals surface area contributed by atoms with Gasteiger partial charge in [-0.3, -0.25) is 4.79 Å². The van der Waals surface area contributed by atoms with Crippen molar-refractivity contribution < 1.29 is 26.3 Å². The van der Waals surface area contributed by atoms with E-state index in [-0.39, 0.29) is 50.5 Å². The van der Waals surface area contributed by atoms with Crippen LogP contribution in [0, 0.1) is 5.82 Å². The third-order valence-corrected chi connectivity index (χ3v) is 8.42. The maximum absolute atomic E-state index is 13.8. The van der Waals surface area contributed by atoms with E-state index in [9.17, 15) is 26.4 Å². The van der Waals surface area contributed by atoms with E-state index in [0.29, 0.717) is 5.69 Å². The summed E-state index contributed by atoms with van der Waals surface area (Å²) in [6.45, 7) is 4.17. The van der Waals surface area contributed by atoms with E-state index in [1.54, 1.807) is 18.7 Å². The van der Waals surface area contributed by atoms with Gasteiger partial charge in [-0.05, 0) is 38.5 Å². The molecule has 0 bridgehead atoms. The van der Waals surface area contributed by atoms with Crippen molar-refractivity contribution in [1.82, 2.24) is 14.1 Å². The lowest BCUT2D eigenvalue weighted by Gasteiger charge is -2.36. The van der Waals surface area contributed by atoms with Gasteiger partial charge in [0.2, 0.25) is 15.8 Å². The molecule has 34 heavy (non-hydrogen) atoms. The molecule has 1 aliphatic carbocycles. The number of benzene rings is 1. The maximum Gasteiger partial charge on any atom is 0.316 e. The number of sulfonamides is 1. The molecular formula is C22H27F3N4O4S. The third-order valence-electron chi connectivity index (χ3n) is 6.15. The molecule has 0 amide bonds. The minimum atomic E-state index is -3.43. The first-order chi connectivity index (χ1) is 16.0. The van der Waals surface area contributed by atoms with E-state index in [1.165, 1.54) is 28.7 Å². The number of alkyl halides is 2. The van der Waals surface area contributed by atoms with Crippen LogP contribution in [-0.2, 0) is 10.0 Å².